The minimum atomic E-state index is -0.138. The van der Waals surface area contributed by atoms with Crippen molar-refractivity contribution in [1.82, 2.24) is 4.90 Å². The highest BCUT2D eigenvalue weighted by Gasteiger charge is 2.65. The van der Waals surface area contributed by atoms with Crippen molar-refractivity contribution in [2.75, 3.05) is 13.1 Å². The van der Waals surface area contributed by atoms with E-state index >= 15 is 0 Å². The normalized spacial score (nSPS) is 44.3. The van der Waals surface area contributed by atoms with Crippen LogP contribution in [0, 0.1) is 16.7 Å². The van der Waals surface area contributed by atoms with E-state index in [0.29, 0.717) is 17.2 Å². The lowest BCUT2D eigenvalue weighted by molar-refractivity contribution is -0.171. The SMILES string of the molecule is C[C@]12CC3CC(C(=O)N4CCC[C@H](N)C4)(C1)C[C@@](c1ccccc1)(C3)C2. The highest BCUT2D eigenvalue weighted by atomic mass is 16.2. The molecule has 0 radical (unpaired) electrons. The summed E-state index contributed by atoms with van der Waals surface area (Å²) in [5.74, 6) is 1.14. The molecule has 0 aromatic heterocycles. The van der Waals surface area contributed by atoms with Gasteiger partial charge in [-0.05, 0) is 73.7 Å². The Morgan fingerprint density at radius 2 is 1.92 bits per heavy atom. The summed E-state index contributed by atoms with van der Waals surface area (Å²) in [6, 6.07) is 11.3. The Labute approximate surface area is 157 Å². The maximum atomic E-state index is 13.8. The quantitative estimate of drug-likeness (QED) is 0.878. The molecule has 1 aromatic carbocycles. The maximum absolute atomic E-state index is 13.8. The van der Waals surface area contributed by atoms with Gasteiger partial charge in [0.05, 0.1) is 5.41 Å². The highest BCUT2D eigenvalue weighted by molar-refractivity contribution is 5.84. The fraction of sp³-hybridized carbons (Fsp3) is 0.696. The molecule has 1 saturated heterocycles. The van der Waals surface area contributed by atoms with E-state index in [1.165, 1.54) is 24.8 Å². The Hall–Kier alpha value is -1.35. The van der Waals surface area contributed by atoms with Gasteiger partial charge in [0.2, 0.25) is 5.91 Å². The molecule has 5 aliphatic rings. The zero-order valence-corrected chi connectivity index (χ0v) is 16.0. The summed E-state index contributed by atoms with van der Waals surface area (Å²) in [6.45, 7) is 4.13. The first-order valence-corrected chi connectivity index (χ1v) is 10.5. The lowest BCUT2D eigenvalue weighted by Crippen LogP contribution is -2.63. The Kier molecular flexibility index (Phi) is 3.60. The van der Waals surface area contributed by atoms with Crippen LogP contribution in [0.5, 0.6) is 0 Å². The number of nitrogens with two attached hydrogens (primary N) is 1. The summed E-state index contributed by atoms with van der Waals surface area (Å²) < 4.78 is 0. The molecule has 5 atom stereocenters. The fourth-order valence-corrected chi connectivity index (χ4v) is 7.80. The van der Waals surface area contributed by atoms with Gasteiger partial charge in [0.25, 0.3) is 0 Å². The Morgan fingerprint density at radius 1 is 1.12 bits per heavy atom. The van der Waals surface area contributed by atoms with E-state index < -0.39 is 0 Å². The molecule has 4 aliphatic carbocycles. The molecule has 1 aromatic rings. The van der Waals surface area contributed by atoms with Crippen molar-refractivity contribution in [2.45, 2.75) is 69.7 Å². The van der Waals surface area contributed by atoms with Crippen molar-refractivity contribution in [1.29, 1.82) is 0 Å². The smallest absolute Gasteiger partial charge is 0.228 e. The summed E-state index contributed by atoms with van der Waals surface area (Å²) in [6.07, 6.45) is 9.24. The number of hydrogen-bond acceptors (Lipinski definition) is 2. The minimum Gasteiger partial charge on any atom is -0.341 e. The molecule has 1 aliphatic heterocycles. The Bertz CT molecular complexity index is 718. The van der Waals surface area contributed by atoms with Crippen LogP contribution in [0.1, 0.15) is 63.9 Å². The molecule has 1 amide bonds. The van der Waals surface area contributed by atoms with Gasteiger partial charge in [0.1, 0.15) is 0 Å². The van der Waals surface area contributed by atoms with Crippen molar-refractivity contribution in [3.05, 3.63) is 35.9 Å². The first-order chi connectivity index (χ1) is 12.4. The van der Waals surface area contributed by atoms with E-state index in [-0.39, 0.29) is 16.9 Å². The summed E-state index contributed by atoms with van der Waals surface area (Å²) in [5, 5.41) is 0. The van der Waals surface area contributed by atoms with Gasteiger partial charge in [-0.1, -0.05) is 37.3 Å². The number of benzene rings is 1. The van der Waals surface area contributed by atoms with Gasteiger partial charge in [-0.15, -0.1) is 0 Å². The van der Waals surface area contributed by atoms with Crippen molar-refractivity contribution >= 4 is 5.91 Å². The van der Waals surface area contributed by atoms with Gasteiger partial charge in [-0.3, -0.25) is 4.79 Å². The van der Waals surface area contributed by atoms with Gasteiger partial charge >= 0.3 is 0 Å². The van der Waals surface area contributed by atoms with Gasteiger partial charge < -0.3 is 10.6 Å². The van der Waals surface area contributed by atoms with Crippen molar-refractivity contribution in [2.24, 2.45) is 22.5 Å². The molecule has 6 rings (SSSR count). The van der Waals surface area contributed by atoms with Crippen LogP contribution in [0.4, 0.5) is 0 Å². The lowest BCUT2D eigenvalue weighted by Gasteiger charge is -2.66. The van der Waals surface area contributed by atoms with Crippen LogP contribution in [-0.4, -0.2) is 29.9 Å². The van der Waals surface area contributed by atoms with E-state index in [9.17, 15) is 4.79 Å². The first kappa shape index (κ1) is 16.8. The summed E-state index contributed by atoms with van der Waals surface area (Å²) in [4.78, 5) is 15.9. The molecule has 4 saturated carbocycles. The van der Waals surface area contributed by atoms with Crippen molar-refractivity contribution in [3.8, 4) is 0 Å². The standard InChI is InChI=1S/C23H32N2O/c1-21-10-17-11-22(14-21,18-6-3-2-4-7-18)16-23(12-17,15-21)20(26)25-9-5-8-19(24)13-25/h2-4,6-7,17,19H,5,8-16,24H2,1H3/t17?,19-,21+,22+,23?/m0/s1. The number of hydrogen-bond donors (Lipinski definition) is 1. The van der Waals surface area contributed by atoms with Crippen LogP contribution in [-0.2, 0) is 10.2 Å². The van der Waals surface area contributed by atoms with Crippen molar-refractivity contribution < 1.29 is 4.79 Å². The lowest BCUT2D eigenvalue weighted by atomic mass is 9.38. The van der Waals surface area contributed by atoms with E-state index in [0.717, 1.165) is 45.2 Å². The van der Waals surface area contributed by atoms with E-state index in [1.54, 1.807) is 0 Å². The molecular formula is C23H32N2O. The van der Waals surface area contributed by atoms with E-state index in [4.69, 9.17) is 5.73 Å². The third-order valence-electron chi connectivity index (χ3n) is 7.93. The third-order valence-corrected chi connectivity index (χ3v) is 7.93. The van der Waals surface area contributed by atoms with Crippen LogP contribution in [0.3, 0.4) is 0 Å². The number of carbonyl (C=O) groups is 1. The predicted molar refractivity (Wildman–Crippen MR) is 104 cm³/mol. The Balaban J connectivity index is 1.53. The number of rotatable bonds is 2. The van der Waals surface area contributed by atoms with E-state index in [1.807, 2.05) is 0 Å². The molecule has 4 bridgehead atoms. The van der Waals surface area contributed by atoms with E-state index in [2.05, 4.69) is 42.2 Å². The molecule has 26 heavy (non-hydrogen) atoms. The summed E-state index contributed by atoms with van der Waals surface area (Å²) >= 11 is 0. The molecule has 0 spiro atoms. The van der Waals surface area contributed by atoms with Crippen LogP contribution in [0.25, 0.3) is 0 Å². The molecule has 3 nitrogen and oxygen atoms in total. The summed E-state index contributed by atoms with van der Waals surface area (Å²) in [7, 11) is 0. The highest BCUT2D eigenvalue weighted by Crippen LogP contribution is 2.70. The summed E-state index contributed by atoms with van der Waals surface area (Å²) in [5.41, 5.74) is 8.07. The number of likely N-dealkylation sites (tertiary alicyclic amines) is 1. The Morgan fingerprint density at radius 3 is 2.65 bits per heavy atom. The van der Waals surface area contributed by atoms with Crippen LogP contribution >= 0.6 is 0 Å². The van der Waals surface area contributed by atoms with Crippen LogP contribution in [0.2, 0.25) is 0 Å². The number of piperidine rings is 1. The average Bonchev–Trinajstić information content (AvgIpc) is 2.60. The fourth-order valence-electron chi connectivity index (χ4n) is 7.80. The topological polar surface area (TPSA) is 46.3 Å². The molecule has 2 unspecified atom stereocenters. The van der Waals surface area contributed by atoms with Gasteiger partial charge in [0, 0.05) is 19.1 Å². The van der Waals surface area contributed by atoms with Crippen LogP contribution in [0.15, 0.2) is 30.3 Å². The van der Waals surface area contributed by atoms with Crippen LogP contribution < -0.4 is 5.73 Å². The molecule has 1 heterocycles. The first-order valence-electron chi connectivity index (χ1n) is 10.5. The maximum Gasteiger partial charge on any atom is 0.228 e. The second-order valence-corrected chi connectivity index (χ2v) is 10.4. The number of nitrogens with zero attached hydrogens (tertiary/aromatic N) is 1. The van der Waals surface area contributed by atoms with Gasteiger partial charge in [0.15, 0.2) is 0 Å². The number of carbonyl (C=O) groups excluding carboxylic acids is 1. The average molecular weight is 353 g/mol. The zero-order chi connectivity index (χ0) is 18.0. The predicted octanol–water partition coefficient (Wildman–Crippen LogP) is 3.86. The van der Waals surface area contributed by atoms with Crippen molar-refractivity contribution in [3.63, 3.8) is 0 Å². The monoisotopic (exact) mass is 352 g/mol. The third kappa shape index (κ3) is 2.46. The minimum absolute atomic E-state index is 0.138. The molecule has 3 heteroatoms. The largest absolute Gasteiger partial charge is 0.341 e. The number of amides is 1. The molecule has 5 fully saturated rings. The molecular weight excluding hydrogens is 320 g/mol. The van der Waals surface area contributed by atoms with Gasteiger partial charge in [-0.25, -0.2) is 0 Å². The second-order valence-electron chi connectivity index (χ2n) is 10.4. The van der Waals surface area contributed by atoms with Gasteiger partial charge in [-0.2, -0.15) is 0 Å². The molecule has 140 valence electrons. The second kappa shape index (κ2) is 5.58. The molecule has 2 N–H and O–H groups in total. The zero-order valence-electron chi connectivity index (χ0n) is 16.0.